The quantitative estimate of drug-likeness (QED) is 0.613. The zero-order chi connectivity index (χ0) is 10.6. The third-order valence-electron chi connectivity index (χ3n) is 2.77. The molecule has 14 heavy (non-hydrogen) atoms. The maximum atomic E-state index is 10.8. The van der Waals surface area contributed by atoms with Gasteiger partial charge in [-0.15, -0.1) is 0 Å². The van der Waals surface area contributed by atoms with Gasteiger partial charge < -0.3 is 10.2 Å². The van der Waals surface area contributed by atoms with Crippen LogP contribution in [-0.2, 0) is 4.79 Å². The number of carbonyl (C=O) groups is 1. The molecule has 3 N–H and O–H groups in total. The summed E-state index contributed by atoms with van der Waals surface area (Å²) >= 11 is 0. The lowest BCUT2D eigenvalue weighted by molar-refractivity contribution is -0.140. The van der Waals surface area contributed by atoms with E-state index < -0.39 is 12.0 Å². The molecule has 1 aliphatic rings. The van der Waals surface area contributed by atoms with Gasteiger partial charge in [-0.2, -0.15) is 0 Å². The molecule has 0 bridgehead atoms. The van der Waals surface area contributed by atoms with Gasteiger partial charge in [0, 0.05) is 6.04 Å². The molecule has 1 rings (SSSR count). The topological polar surface area (TPSA) is 69.6 Å². The molecule has 0 aromatic rings. The molecule has 0 heterocycles. The average molecular weight is 201 g/mol. The summed E-state index contributed by atoms with van der Waals surface area (Å²) < 4.78 is 0. The minimum atomic E-state index is -0.814. The van der Waals surface area contributed by atoms with Crippen LogP contribution < -0.4 is 5.32 Å². The van der Waals surface area contributed by atoms with Crippen molar-refractivity contribution in [3.8, 4) is 0 Å². The number of hydrogen-bond donors (Lipinski definition) is 3. The molecular weight excluding hydrogens is 182 g/mol. The van der Waals surface area contributed by atoms with Crippen LogP contribution >= 0.6 is 0 Å². The van der Waals surface area contributed by atoms with Gasteiger partial charge in [-0.25, -0.2) is 0 Å². The molecular formula is C10H19NO3. The van der Waals surface area contributed by atoms with Crippen molar-refractivity contribution in [3.63, 3.8) is 0 Å². The van der Waals surface area contributed by atoms with Gasteiger partial charge in [0.2, 0.25) is 0 Å². The van der Waals surface area contributed by atoms with Crippen molar-refractivity contribution in [1.82, 2.24) is 5.32 Å². The van der Waals surface area contributed by atoms with Gasteiger partial charge in [-0.3, -0.25) is 10.1 Å². The lowest BCUT2D eigenvalue weighted by Gasteiger charge is -2.21. The Balaban J connectivity index is 2.41. The molecule has 0 aromatic heterocycles. The van der Waals surface area contributed by atoms with Crippen LogP contribution in [-0.4, -0.2) is 34.4 Å². The molecule has 3 unspecified atom stereocenters. The van der Waals surface area contributed by atoms with E-state index >= 15 is 0 Å². The van der Waals surface area contributed by atoms with E-state index in [0.29, 0.717) is 6.42 Å². The Morgan fingerprint density at radius 1 is 1.57 bits per heavy atom. The largest absolute Gasteiger partial charge is 0.480 e. The molecule has 0 saturated heterocycles. The number of nitrogens with one attached hydrogen (secondary N) is 1. The van der Waals surface area contributed by atoms with E-state index in [2.05, 4.69) is 5.32 Å². The highest BCUT2D eigenvalue weighted by Crippen LogP contribution is 2.19. The third kappa shape index (κ3) is 2.96. The average Bonchev–Trinajstić information content (AvgIpc) is 2.51. The van der Waals surface area contributed by atoms with Gasteiger partial charge in [-0.1, -0.05) is 13.3 Å². The van der Waals surface area contributed by atoms with E-state index in [-0.39, 0.29) is 12.1 Å². The second kappa shape index (κ2) is 5.32. The first-order chi connectivity index (χ1) is 6.65. The summed E-state index contributed by atoms with van der Waals surface area (Å²) in [4.78, 5) is 10.8. The van der Waals surface area contributed by atoms with Crippen molar-refractivity contribution in [3.05, 3.63) is 0 Å². The Kier molecular flexibility index (Phi) is 4.35. The number of aliphatic hydroxyl groups is 1. The van der Waals surface area contributed by atoms with E-state index in [1.807, 2.05) is 6.92 Å². The highest BCUT2D eigenvalue weighted by molar-refractivity contribution is 5.73. The van der Waals surface area contributed by atoms with Crippen LogP contribution in [0.25, 0.3) is 0 Å². The summed E-state index contributed by atoms with van der Waals surface area (Å²) in [6.07, 6.45) is 3.75. The van der Waals surface area contributed by atoms with Gasteiger partial charge in [-0.05, 0) is 25.7 Å². The van der Waals surface area contributed by atoms with Gasteiger partial charge in [0.25, 0.3) is 0 Å². The van der Waals surface area contributed by atoms with Crippen molar-refractivity contribution in [2.75, 3.05) is 0 Å². The maximum absolute atomic E-state index is 10.8. The molecule has 0 amide bonds. The molecule has 1 aliphatic carbocycles. The Morgan fingerprint density at radius 2 is 2.29 bits per heavy atom. The van der Waals surface area contributed by atoms with Crippen molar-refractivity contribution >= 4 is 5.97 Å². The summed E-state index contributed by atoms with van der Waals surface area (Å²) in [6, 6.07) is -0.527. The second-order valence-corrected chi connectivity index (χ2v) is 3.95. The molecule has 1 saturated carbocycles. The Hall–Kier alpha value is -0.610. The predicted octanol–water partition coefficient (Wildman–Crippen LogP) is 0.743. The van der Waals surface area contributed by atoms with Crippen molar-refractivity contribution in [2.45, 2.75) is 57.2 Å². The lowest BCUT2D eigenvalue weighted by atomic mass is 10.1. The molecule has 0 aliphatic heterocycles. The molecule has 0 radical (unpaired) electrons. The Morgan fingerprint density at radius 3 is 2.71 bits per heavy atom. The molecule has 0 spiro atoms. The lowest BCUT2D eigenvalue weighted by Crippen LogP contribution is -2.46. The van der Waals surface area contributed by atoms with Crippen LogP contribution in [0.5, 0.6) is 0 Å². The van der Waals surface area contributed by atoms with Crippen LogP contribution in [0.1, 0.15) is 39.0 Å². The van der Waals surface area contributed by atoms with Gasteiger partial charge in [0.05, 0.1) is 6.10 Å². The fourth-order valence-corrected chi connectivity index (χ4v) is 1.96. The van der Waals surface area contributed by atoms with Crippen molar-refractivity contribution in [2.24, 2.45) is 0 Å². The van der Waals surface area contributed by atoms with Gasteiger partial charge in [0.1, 0.15) is 6.04 Å². The Labute approximate surface area is 84.3 Å². The monoisotopic (exact) mass is 201 g/mol. The van der Waals surface area contributed by atoms with Gasteiger partial charge >= 0.3 is 5.97 Å². The van der Waals surface area contributed by atoms with E-state index in [1.54, 1.807) is 0 Å². The highest BCUT2D eigenvalue weighted by atomic mass is 16.4. The molecule has 3 atom stereocenters. The van der Waals surface area contributed by atoms with E-state index in [1.165, 1.54) is 0 Å². The number of carboxylic acid groups (broad SMARTS) is 1. The van der Waals surface area contributed by atoms with Crippen molar-refractivity contribution in [1.29, 1.82) is 0 Å². The summed E-state index contributed by atoms with van der Waals surface area (Å²) in [5, 5.41) is 21.5. The van der Waals surface area contributed by atoms with E-state index in [0.717, 1.165) is 25.7 Å². The predicted molar refractivity (Wildman–Crippen MR) is 53.1 cm³/mol. The number of carboxylic acids is 1. The molecule has 0 aromatic carbocycles. The van der Waals surface area contributed by atoms with Gasteiger partial charge in [0.15, 0.2) is 0 Å². The SMILES string of the molecule is CCCC(NC1CCCC1O)C(=O)O. The zero-order valence-corrected chi connectivity index (χ0v) is 8.57. The fourth-order valence-electron chi connectivity index (χ4n) is 1.96. The molecule has 4 heteroatoms. The standard InChI is InChI=1S/C10H19NO3/c1-2-4-8(10(13)14)11-7-5-3-6-9(7)12/h7-9,11-12H,2-6H2,1H3,(H,13,14). The third-order valence-corrected chi connectivity index (χ3v) is 2.77. The minimum Gasteiger partial charge on any atom is -0.480 e. The van der Waals surface area contributed by atoms with Crippen molar-refractivity contribution < 1.29 is 15.0 Å². The molecule has 4 nitrogen and oxygen atoms in total. The van der Waals surface area contributed by atoms with Crippen LogP contribution in [0.3, 0.4) is 0 Å². The van der Waals surface area contributed by atoms with E-state index in [4.69, 9.17) is 5.11 Å². The second-order valence-electron chi connectivity index (χ2n) is 3.95. The van der Waals surface area contributed by atoms with Crippen LogP contribution in [0.4, 0.5) is 0 Å². The van der Waals surface area contributed by atoms with Crippen LogP contribution in [0.15, 0.2) is 0 Å². The summed E-state index contributed by atoms with van der Waals surface area (Å²) in [6.45, 7) is 1.96. The zero-order valence-electron chi connectivity index (χ0n) is 8.57. The number of aliphatic carboxylic acids is 1. The van der Waals surface area contributed by atoms with Crippen LogP contribution in [0.2, 0.25) is 0 Å². The fraction of sp³-hybridized carbons (Fsp3) is 0.900. The molecule has 1 fully saturated rings. The highest BCUT2D eigenvalue weighted by Gasteiger charge is 2.29. The van der Waals surface area contributed by atoms with Crippen LogP contribution in [0, 0.1) is 0 Å². The first kappa shape index (κ1) is 11.5. The summed E-state index contributed by atoms with van der Waals surface area (Å²) in [5.41, 5.74) is 0. The number of aliphatic hydroxyl groups excluding tert-OH is 1. The smallest absolute Gasteiger partial charge is 0.320 e. The number of hydrogen-bond acceptors (Lipinski definition) is 3. The van der Waals surface area contributed by atoms with E-state index in [9.17, 15) is 9.90 Å². The maximum Gasteiger partial charge on any atom is 0.320 e. The Bertz CT molecular complexity index is 196. The summed E-state index contributed by atoms with van der Waals surface area (Å²) in [5.74, 6) is -0.814. The summed E-state index contributed by atoms with van der Waals surface area (Å²) in [7, 11) is 0. The first-order valence-electron chi connectivity index (χ1n) is 5.32. The number of rotatable bonds is 5. The minimum absolute atomic E-state index is 0.0253. The normalized spacial score (nSPS) is 29.0. The molecule has 82 valence electrons. The first-order valence-corrected chi connectivity index (χ1v) is 5.32.